The van der Waals surface area contributed by atoms with Gasteiger partial charge in [0, 0.05) is 34.4 Å². The fourth-order valence-electron chi connectivity index (χ4n) is 3.80. The molecule has 0 fully saturated rings. The first-order valence-corrected chi connectivity index (χ1v) is 10.6. The lowest BCUT2D eigenvalue weighted by atomic mass is 10.1. The summed E-state index contributed by atoms with van der Waals surface area (Å²) in [4.78, 5) is 40.5. The molecule has 1 amide bonds. The number of benzene rings is 2. The summed E-state index contributed by atoms with van der Waals surface area (Å²) in [6.07, 6.45) is 0.542. The fourth-order valence-corrected chi connectivity index (χ4v) is 3.80. The van der Waals surface area contributed by atoms with Crippen molar-refractivity contribution in [2.24, 2.45) is 0 Å². The minimum atomic E-state index is -0.479. The van der Waals surface area contributed by atoms with E-state index in [1.165, 1.54) is 6.92 Å². The van der Waals surface area contributed by atoms with Crippen LogP contribution in [0.2, 0.25) is 0 Å². The van der Waals surface area contributed by atoms with Gasteiger partial charge in [-0.2, -0.15) is 5.10 Å². The number of hydrogen-bond donors (Lipinski definition) is 1. The number of ketones is 1. The van der Waals surface area contributed by atoms with Gasteiger partial charge in [-0.15, -0.1) is 0 Å². The number of Topliss-reactive ketones (excluding diaryl/α,β-unsaturated/α-hetero) is 1. The van der Waals surface area contributed by atoms with Crippen LogP contribution in [0.1, 0.15) is 40.7 Å². The van der Waals surface area contributed by atoms with Crippen LogP contribution in [0.4, 0.5) is 5.69 Å². The van der Waals surface area contributed by atoms with Gasteiger partial charge in [-0.3, -0.25) is 14.4 Å². The van der Waals surface area contributed by atoms with E-state index >= 15 is 0 Å². The van der Waals surface area contributed by atoms with Crippen molar-refractivity contribution in [2.75, 3.05) is 11.9 Å². The molecule has 1 N–H and O–H groups in total. The highest BCUT2D eigenvalue weighted by molar-refractivity contribution is 5.97. The molecule has 2 aromatic heterocycles. The second-order valence-electron chi connectivity index (χ2n) is 7.86. The summed E-state index contributed by atoms with van der Waals surface area (Å²) < 4.78 is 6.94. The highest BCUT2D eigenvalue weighted by Crippen LogP contribution is 2.23. The number of fused-ring (bicyclic) bond motifs is 3. The Morgan fingerprint density at radius 3 is 2.64 bits per heavy atom. The zero-order chi connectivity index (χ0) is 23.5. The SMILES string of the molecule is CC(=O)c1cccc(NC(=O)COC(=O)CCc2c(C)nc3c4ccccc4nn3c2C)c1. The van der Waals surface area contributed by atoms with Crippen molar-refractivity contribution in [3.63, 3.8) is 0 Å². The number of anilines is 1. The fraction of sp³-hybridized carbons (Fsp3) is 0.240. The number of ether oxygens (including phenoxy) is 1. The molecule has 168 valence electrons. The highest BCUT2D eigenvalue weighted by atomic mass is 16.5. The van der Waals surface area contributed by atoms with E-state index in [0.29, 0.717) is 17.7 Å². The number of carbonyl (C=O) groups excluding carboxylic acids is 3. The van der Waals surface area contributed by atoms with E-state index in [2.05, 4.69) is 10.4 Å². The molecule has 0 bridgehead atoms. The van der Waals surface area contributed by atoms with Crippen molar-refractivity contribution in [3.8, 4) is 0 Å². The summed E-state index contributed by atoms with van der Waals surface area (Å²) >= 11 is 0. The number of amides is 1. The molecule has 0 aliphatic carbocycles. The lowest BCUT2D eigenvalue weighted by Crippen LogP contribution is -2.21. The van der Waals surface area contributed by atoms with Gasteiger partial charge in [0.2, 0.25) is 0 Å². The molecular formula is C25H24N4O4. The van der Waals surface area contributed by atoms with E-state index in [0.717, 1.165) is 33.5 Å². The van der Waals surface area contributed by atoms with E-state index in [1.54, 1.807) is 28.8 Å². The number of carbonyl (C=O) groups is 3. The molecule has 4 aromatic rings. The molecule has 0 saturated heterocycles. The third-order valence-corrected chi connectivity index (χ3v) is 5.51. The van der Waals surface area contributed by atoms with Gasteiger partial charge >= 0.3 is 5.97 Å². The van der Waals surface area contributed by atoms with Crippen LogP contribution < -0.4 is 5.32 Å². The largest absolute Gasteiger partial charge is 0.456 e. The van der Waals surface area contributed by atoms with Crippen LogP contribution in [0.25, 0.3) is 16.6 Å². The monoisotopic (exact) mass is 444 g/mol. The third-order valence-electron chi connectivity index (χ3n) is 5.51. The molecule has 0 atom stereocenters. The Morgan fingerprint density at radius 1 is 1.06 bits per heavy atom. The van der Waals surface area contributed by atoms with Crippen LogP contribution in [0, 0.1) is 13.8 Å². The molecule has 2 heterocycles. The molecule has 0 unspecified atom stereocenters. The maximum atomic E-state index is 12.3. The Kier molecular flexibility index (Phi) is 6.17. The minimum absolute atomic E-state index is 0.0981. The Balaban J connectivity index is 1.37. The number of rotatable bonds is 7. The molecule has 8 nitrogen and oxygen atoms in total. The molecule has 0 aliphatic rings. The number of aryl methyl sites for hydroxylation is 2. The number of hydrogen-bond acceptors (Lipinski definition) is 6. The van der Waals surface area contributed by atoms with E-state index in [1.807, 2.05) is 38.1 Å². The molecule has 0 spiro atoms. The molecule has 0 aliphatic heterocycles. The standard InChI is InChI=1S/C25H24N4O4/c1-15-20(16(2)29-25(26-15)21-9-4-5-10-22(21)28-29)11-12-24(32)33-14-23(31)27-19-8-6-7-18(13-19)17(3)30/h4-10,13H,11-12,14H2,1-3H3,(H,27,31). The van der Waals surface area contributed by atoms with E-state index in [4.69, 9.17) is 9.72 Å². The minimum Gasteiger partial charge on any atom is -0.456 e. The van der Waals surface area contributed by atoms with E-state index in [9.17, 15) is 14.4 Å². The molecular weight excluding hydrogens is 420 g/mol. The summed E-state index contributed by atoms with van der Waals surface area (Å²) in [5.41, 5.74) is 5.30. The van der Waals surface area contributed by atoms with Crippen molar-refractivity contribution in [2.45, 2.75) is 33.6 Å². The topological polar surface area (TPSA) is 103 Å². The second kappa shape index (κ2) is 9.20. The maximum absolute atomic E-state index is 12.3. The van der Waals surface area contributed by atoms with Crippen molar-refractivity contribution in [1.29, 1.82) is 0 Å². The first kappa shape index (κ1) is 22.1. The van der Waals surface area contributed by atoms with Gasteiger partial charge in [0.05, 0.1) is 5.52 Å². The second-order valence-corrected chi connectivity index (χ2v) is 7.86. The number of nitrogens with zero attached hydrogens (tertiary/aromatic N) is 3. The predicted octanol–water partition coefficient (Wildman–Crippen LogP) is 3.82. The predicted molar refractivity (Wildman–Crippen MR) is 124 cm³/mol. The van der Waals surface area contributed by atoms with Gasteiger partial charge in [-0.25, -0.2) is 9.50 Å². The lowest BCUT2D eigenvalue weighted by Gasteiger charge is -2.11. The van der Waals surface area contributed by atoms with Crippen LogP contribution >= 0.6 is 0 Å². The Labute approximate surface area is 190 Å². The Bertz CT molecular complexity index is 1390. The lowest BCUT2D eigenvalue weighted by molar-refractivity contribution is -0.147. The molecule has 0 saturated carbocycles. The summed E-state index contributed by atoms with van der Waals surface area (Å²) in [5.74, 6) is -1.05. The van der Waals surface area contributed by atoms with E-state index < -0.39 is 18.5 Å². The van der Waals surface area contributed by atoms with Crippen LogP contribution in [0.15, 0.2) is 48.5 Å². The molecule has 33 heavy (non-hydrogen) atoms. The summed E-state index contributed by atoms with van der Waals surface area (Å²) in [5, 5.41) is 8.23. The quantitative estimate of drug-likeness (QED) is 0.343. The highest BCUT2D eigenvalue weighted by Gasteiger charge is 2.16. The smallest absolute Gasteiger partial charge is 0.306 e. The first-order chi connectivity index (χ1) is 15.8. The van der Waals surface area contributed by atoms with Gasteiger partial charge in [0.15, 0.2) is 18.0 Å². The molecule has 8 heteroatoms. The van der Waals surface area contributed by atoms with Crippen molar-refractivity contribution < 1.29 is 19.1 Å². The van der Waals surface area contributed by atoms with Crippen molar-refractivity contribution >= 4 is 39.9 Å². The van der Waals surface area contributed by atoms with Crippen molar-refractivity contribution in [3.05, 3.63) is 71.0 Å². The Morgan fingerprint density at radius 2 is 1.85 bits per heavy atom. The number of aromatic nitrogens is 3. The normalized spacial score (nSPS) is 11.0. The zero-order valence-corrected chi connectivity index (χ0v) is 18.7. The maximum Gasteiger partial charge on any atom is 0.306 e. The average molecular weight is 444 g/mol. The van der Waals surface area contributed by atoms with Crippen molar-refractivity contribution in [1.82, 2.24) is 14.6 Å². The van der Waals surface area contributed by atoms with Gasteiger partial charge in [-0.05, 0) is 57.0 Å². The molecule has 4 rings (SSSR count). The van der Waals surface area contributed by atoms with Crippen LogP contribution in [0.5, 0.6) is 0 Å². The summed E-state index contributed by atoms with van der Waals surface area (Å²) in [7, 11) is 0. The first-order valence-electron chi connectivity index (χ1n) is 10.6. The third kappa shape index (κ3) is 4.74. The number of esters is 1. The molecule has 0 radical (unpaired) electrons. The summed E-state index contributed by atoms with van der Waals surface area (Å²) in [6, 6.07) is 14.4. The van der Waals surface area contributed by atoms with Crippen LogP contribution in [-0.4, -0.2) is 38.9 Å². The summed E-state index contributed by atoms with van der Waals surface area (Å²) in [6.45, 7) is 4.92. The Hall–Kier alpha value is -4.07. The van der Waals surface area contributed by atoms with E-state index in [-0.39, 0.29) is 12.2 Å². The zero-order valence-electron chi connectivity index (χ0n) is 18.7. The van der Waals surface area contributed by atoms with Crippen LogP contribution in [-0.2, 0) is 20.7 Å². The molecule has 2 aromatic carbocycles. The van der Waals surface area contributed by atoms with Gasteiger partial charge in [0.1, 0.15) is 0 Å². The van der Waals surface area contributed by atoms with Gasteiger partial charge < -0.3 is 10.1 Å². The van der Waals surface area contributed by atoms with Gasteiger partial charge in [0.25, 0.3) is 5.91 Å². The average Bonchev–Trinajstić information content (AvgIpc) is 3.16. The van der Waals surface area contributed by atoms with Crippen LogP contribution in [0.3, 0.4) is 0 Å². The van der Waals surface area contributed by atoms with Gasteiger partial charge in [-0.1, -0.05) is 24.3 Å². The number of nitrogens with one attached hydrogen (secondary N) is 1.